The topological polar surface area (TPSA) is 54.2 Å². The van der Waals surface area contributed by atoms with Crippen LogP contribution in [0.15, 0.2) is 22.6 Å². The zero-order valence-corrected chi connectivity index (χ0v) is 14.3. The van der Waals surface area contributed by atoms with Crippen molar-refractivity contribution in [3.05, 3.63) is 41.2 Å². The summed E-state index contributed by atoms with van der Waals surface area (Å²) in [6, 6.07) is 6.11. The van der Waals surface area contributed by atoms with Crippen LogP contribution in [0.25, 0.3) is 0 Å². The number of nitrogens with zero attached hydrogens (tertiary/aromatic N) is 3. The number of likely N-dealkylation sites (tertiary alicyclic amines) is 1. The highest BCUT2D eigenvalue weighted by atomic mass is 16.4. The number of oxazole rings is 1. The Balaban J connectivity index is 1.43. The minimum Gasteiger partial charge on any atom is -0.444 e. The predicted octanol–water partition coefficient (Wildman–Crippen LogP) is 3.32. The van der Waals surface area contributed by atoms with Gasteiger partial charge in [-0.1, -0.05) is 6.07 Å². The molecule has 0 spiro atoms. The summed E-state index contributed by atoms with van der Waals surface area (Å²) in [5.74, 6) is 3.48. The third kappa shape index (κ3) is 4.32. The Labute approximate surface area is 138 Å². The first-order chi connectivity index (χ1) is 11.1. The normalized spacial score (nSPS) is 16.7. The Morgan fingerprint density at radius 1 is 1.17 bits per heavy atom. The molecule has 0 unspecified atom stereocenters. The molecule has 124 valence electrons. The van der Waals surface area contributed by atoms with Gasteiger partial charge in [-0.25, -0.2) is 9.97 Å². The molecule has 1 fully saturated rings. The first kappa shape index (κ1) is 16.0. The van der Waals surface area contributed by atoms with Gasteiger partial charge >= 0.3 is 0 Å². The first-order valence-corrected chi connectivity index (χ1v) is 8.43. The molecule has 0 saturated carbocycles. The average Bonchev–Trinajstić information content (AvgIpc) is 2.85. The summed E-state index contributed by atoms with van der Waals surface area (Å²) < 4.78 is 5.69. The van der Waals surface area contributed by atoms with Crippen molar-refractivity contribution in [1.29, 1.82) is 0 Å². The van der Waals surface area contributed by atoms with Gasteiger partial charge in [0.15, 0.2) is 0 Å². The monoisotopic (exact) mass is 314 g/mol. The summed E-state index contributed by atoms with van der Waals surface area (Å²) in [6.07, 6.45) is 2.41. The summed E-state index contributed by atoms with van der Waals surface area (Å²) in [6.45, 7) is 10.0. The predicted molar refractivity (Wildman–Crippen MR) is 91.4 cm³/mol. The van der Waals surface area contributed by atoms with Crippen molar-refractivity contribution < 1.29 is 4.42 Å². The molecule has 0 atom stereocenters. The van der Waals surface area contributed by atoms with Crippen molar-refractivity contribution in [2.24, 2.45) is 5.92 Å². The molecule has 2 aromatic rings. The van der Waals surface area contributed by atoms with Gasteiger partial charge in [-0.3, -0.25) is 4.90 Å². The Morgan fingerprint density at radius 3 is 2.61 bits per heavy atom. The van der Waals surface area contributed by atoms with Crippen LogP contribution >= 0.6 is 0 Å². The van der Waals surface area contributed by atoms with Gasteiger partial charge in [-0.2, -0.15) is 0 Å². The zero-order valence-electron chi connectivity index (χ0n) is 14.3. The zero-order chi connectivity index (χ0) is 16.2. The van der Waals surface area contributed by atoms with Crippen LogP contribution in [0, 0.1) is 26.7 Å². The van der Waals surface area contributed by atoms with Crippen LogP contribution in [0.3, 0.4) is 0 Å². The molecule has 1 aliphatic heterocycles. The van der Waals surface area contributed by atoms with Crippen molar-refractivity contribution in [2.45, 2.75) is 40.2 Å². The van der Waals surface area contributed by atoms with Gasteiger partial charge in [0.05, 0.1) is 12.2 Å². The summed E-state index contributed by atoms with van der Waals surface area (Å²) in [5.41, 5.74) is 2.06. The van der Waals surface area contributed by atoms with Gasteiger partial charge in [0, 0.05) is 12.2 Å². The molecular weight excluding hydrogens is 288 g/mol. The fourth-order valence-electron chi connectivity index (χ4n) is 3.04. The molecule has 2 aromatic heterocycles. The smallest absolute Gasteiger partial charge is 0.208 e. The fourth-order valence-corrected chi connectivity index (χ4v) is 3.04. The standard InChI is InChI=1S/C18H26N4O/c1-13-5-4-6-17(20-13)19-11-16-7-9-22(10-8-16)12-18-21-14(2)15(3)23-18/h4-6,16H,7-12H2,1-3H3,(H,19,20). The van der Waals surface area contributed by atoms with Crippen molar-refractivity contribution >= 4 is 5.82 Å². The quantitative estimate of drug-likeness (QED) is 0.917. The number of rotatable bonds is 5. The number of hydrogen-bond donors (Lipinski definition) is 1. The maximum atomic E-state index is 5.69. The molecule has 1 N–H and O–H groups in total. The molecule has 5 nitrogen and oxygen atoms in total. The summed E-state index contributed by atoms with van der Waals surface area (Å²) >= 11 is 0. The van der Waals surface area contributed by atoms with E-state index in [0.717, 1.165) is 55.0 Å². The van der Waals surface area contributed by atoms with Gasteiger partial charge < -0.3 is 9.73 Å². The molecule has 0 radical (unpaired) electrons. The molecule has 23 heavy (non-hydrogen) atoms. The third-order valence-corrected chi connectivity index (χ3v) is 4.60. The van der Waals surface area contributed by atoms with Gasteiger partial charge in [0.1, 0.15) is 11.6 Å². The second-order valence-corrected chi connectivity index (χ2v) is 6.51. The second kappa shape index (κ2) is 7.13. The van der Waals surface area contributed by atoms with Crippen LogP contribution in [0.5, 0.6) is 0 Å². The van der Waals surface area contributed by atoms with E-state index < -0.39 is 0 Å². The molecule has 3 heterocycles. The lowest BCUT2D eigenvalue weighted by atomic mass is 9.97. The van der Waals surface area contributed by atoms with Crippen LogP contribution in [0.1, 0.15) is 35.9 Å². The SMILES string of the molecule is Cc1cccc(NCC2CCN(Cc3nc(C)c(C)o3)CC2)n1. The Bertz CT molecular complexity index is 625. The number of pyridine rings is 1. The lowest BCUT2D eigenvalue weighted by molar-refractivity contribution is 0.167. The molecule has 3 rings (SSSR count). The minimum absolute atomic E-state index is 0.710. The minimum atomic E-state index is 0.710. The molecule has 0 aliphatic carbocycles. The Morgan fingerprint density at radius 2 is 1.96 bits per heavy atom. The number of aromatic nitrogens is 2. The van der Waals surface area contributed by atoms with E-state index in [9.17, 15) is 0 Å². The summed E-state index contributed by atoms with van der Waals surface area (Å²) in [5, 5.41) is 3.47. The average molecular weight is 314 g/mol. The van der Waals surface area contributed by atoms with E-state index in [0.29, 0.717) is 5.92 Å². The summed E-state index contributed by atoms with van der Waals surface area (Å²) in [7, 11) is 0. The molecular formula is C18H26N4O. The maximum absolute atomic E-state index is 5.69. The Hall–Kier alpha value is -1.88. The van der Waals surface area contributed by atoms with Crippen molar-refractivity contribution in [3.8, 4) is 0 Å². The Kier molecular flexibility index (Phi) is 4.96. The van der Waals surface area contributed by atoms with Crippen LogP contribution in [-0.4, -0.2) is 34.5 Å². The first-order valence-electron chi connectivity index (χ1n) is 8.43. The van der Waals surface area contributed by atoms with Gasteiger partial charge in [-0.05, 0) is 64.8 Å². The molecule has 0 bridgehead atoms. The molecule has 0 amide bonds. The molecule has 1 aliphatic rings. The fraction of sp³-hybridized carbons (Fsp3) is 0.556. The van der Waals surface area contributed by atoms with Gasteiger partial charge in [0.2, 0.25) is 5.89 Å². The highest BCUT2D eigenvalue weighted by molar-refractivity contribution is 5.35. The largest absolute Gasteiger partial charge is 0.444 e. The number of aryl methyl sites for hydroxylation is 3. The highest BCUT2D eigenvalue weighted by Gasteiger charge is 2.20. The highest BCUT2D eigenvalue weighted by Crippen LogP contribution is 2.20. The van der Waals surface area contributed by atoms with E-state index in [-0.39, 0.29) is 0 Å². The second-order valence-electron chi connectivity index (χ2n) is 6.51. The van der Waals surface area contributed by atoms with E-state index in [1.165, 1.54) is 12.8 Å². The van der Waals surface area contributed by atoms with E-state index in [4.69, 9.17) is 4.42 Å². The molecule has 5 heteroatoms. The third-order valence-electron chi connectivity index (χ3n) is 4.60. The molecule has 1 saturated heterocycles. The van der Waals surface area contributed by atoms with E-state index in [1.807, 2.05) is 39.0 Å². The van der Waals surface area contributed by atoms with Crippen molar-refractivity contribution in [3.63, 3.8) is 0 Å². The lowest BCUT2D eigenvalue weighted by Gasteiger charge is -2.31. The number of piperidine rings is 1. The van der Waals surface area contributed by atoms with Crippen LogP contribution < -0.4 is 5.32 Å². The van der Waals surface area contributed by atoms with Gasteiger partial charge in [0.25, 0.3) is 0 Å². The summed E-state index contributed by atoms with van der Waals surface area (Å²) in [4.78, 5) is 11.4. The number of hydrogen-bond acceptors (Lipinski definition) is 5. The van der Waals surface area contributed by atoms with E-state index in [1.54, 1.807) is 0 Å². The number of nitrogens with one attached hydrogen (secondary N) is 1. The van der Waals surface area contributed by atoms with Crippen molar-refractivity contribution in [2.75, 3.05) is 25.0 Å². The van der Waals surface area contributed by atoms with Crippen LogP contribution in [-0.2, 0) is 6.54 Å². The lowest BCUT2D eigenvalue weighted by Crippen LogP contribution is -2.35. The van der Waals surface area contributed by atoms with Gasteiger partial charge in [-0.15, -0.1) is 0 Å². The molecule has 0 aromatic carbocycles. The number of anilines is 1. The van der Waals surface area contributed by atoms with Crippen LogP contribution in [0.4, 0.5) is 5.82 Å². The maximum Gasteiger partial charge on any atom is 0.208 e. The van der Waals surface area contributed by atoms with Crippen LogP contribution in [0.2, 0.25) is 0 Å². The van der Waals surface area contributed by atoms with E-state index in [2.05, 4.69) is 20.2 Å². The van der Waals surface area contributed by atoms with E-state index >= 15 is 0 Å². The van der Waals surface area contributed by atoms with Crippen molar-refractivity contribution in [1.82, 2.24) is 14.9 Å².